The molecule has 0 spiro atoms. The number of nitrogens with one attached hydrogen (secondary N) is 1. The minimum Gasteiger partial charge on any atom is -0.396 e. The van der Waals surface area contributed by atoms with Gasteiger partial charge in [0.05, 0.1) is 11.4 Å². The van der Waals surface area contributed by atoms with Crippen LogP contribution in [-0.4, -0.2) is 28.9 Å². The Kier molecular flexibility index (Phi) is 4.27. The van der Waals surface area contributed by atoms with Gasteiger partial charge in [0.1, 0.15) is 0 Å². The summed E-state index contributed by atoms with van der Waals surface area (Å²) in [7, 11) is 0. The zero-order chi connectivity index (χ0) is 14.8. The Morgan fingerprint density at radius 2 is 1.81 bits per heavy atom. The van der Waals surface area contributed by atoms with Crippen LogP contribution >= 0.6 is 11.8 Å². The molecule has 0 aliphatic heterocycles. The van der Waals surface area contributed by atoms with Gasteiger partial charge in [-0.05, 0) is 37.8 Å². The monoisotopic (exact) mass is 305 g/mol. The minimum atomic E-state index is -0.313. The smallest absolute Gasteiger partial charge is 0.236 e. The van der Waals surface area contributed by atoms with Crippen LogP contribution in [0.3, 0.4) is 0 Å². The van der Waals surface area contributed by atoms with Crippen molar-refractivity contribution in [1.82, 2.24) is 5.32 Å². The maximum absolute atomic E-state index is 12.7. The Morgan fingerprint density at radius 1 is 1.14 bits per heavy atom. The lowest BCUT2D eigenvalue weighted by molar-refractivity contribution is -0.123. The fraction of sp³-hybridized carbons (Fsp3) is 0.588. The lowest BCUT2D eigenvalue weighted by Gasteiger charge is -2.28. The van der Waals surface area contributed by atoms with Gasteiger partial charge in [0.15, 0.2) is 0 Å². The molecule has 1 aromatic rings. The molecule has 0 atom stereocenters. The molecule has 0 bridgehead atoms. The summed E-state index contributed by atoms with van der Waals surface area (Å²) in [5.41, 5.74) is -0.0210. The Morgan fingerprint density at radius 3 is 2.38 bits per heavy atom. The van der Waals surface area contributed by atoms with E-state index in [9.17, 15) is 9.90 Å². The van der Waals surface area contributed by atoms with Crippen LogP contribution < -0.4 is 5.32 Å². The third kappa shape index (κ3) is 3.27. The van der Waals surface area contributed by atoms with Crippen molar-refractivity contribution in [3.63, 3.8) is 0 Å². The molecule has 2 fully saturated rings. The third-order valence-electron chi connectivity index (χ3n) is 4.80. The third-order valence-corrected chi connectivity index (χ3v) is 6.29. The SMILES string of the molecule is O=C(NCC1(CO)CC1)C1(Sc2ccccc2)CCCC1. The molecule has 3 nitrogen and oxygen atoms in total. The quantitative estimate of drug-likeness (QED) is 0.849. The maximum atomic E-state index is 12.7. The van der Waals surface area contributed by atoms with E-state index in [0.717, 1.165) is 43.4 Å². The normalized spacial score (nSPS) is 22.0. The Hall–Kier alpha value is -1.00. The fourth-order valence-corrected chi connectivity index (χ4v) is 4.43. The van der Waals surface area contributed by atoms with Gasteiger partial charge in [0.2, 0.25) is 5.91 Å². The average Bonchev–Trinajstić information content (AvgIpc) is 3.16. The van der Waals surface area contributed by atoms with Gasteiger partial charge in [0.25, 0.3) is 0 Å². The standard InChI is InChI=1S/C17H23NO2S/c19-13-16(10-11-16)12-18-15(20)17(8-4-5-9-17)21-14-6-2-1-3-7-14/h1-3,6-7,19H,4-5,8-13H2,(H,18,20). The number of hydrogen-bond acceptors (Lipinski definition) is 3. The van der Waals surface area contributed by atoms with E-state index in [-0.39, 0.29) is 22.7 Å². The average molecular weight is 305 g/mol. The second kappa shape index (κ2) is 6.01. The van der Waals surface area contributed by atoms with Crippen molar-refractivity contribution >= 4 is 17.7 Å². The molecule has 0 saturated heterocycles. The summed E-state index contributed by atoms with van der Waals surface area (Å²) in [4.78, 5) is 13.9. The minimum absolute atomic E-state index is 0.0210. The molecule has 0 aromatic heterocycles. The summed E-state index contributed by atoms with van der Waals surface area (Å²) in [6, 6.07) is 10.2. The van der Waals surface area contributed by atoms with Gasteiger partial charge < -0.3 is 10.4 Å². The Labute approximate surface area is 130 Å². The topological polar surface area (TPSA) is 49.3 Å². The number of rotatable bonds is 6. The van der Waals surface area contributed by atoms with Gasteiger partial charge in [-0.3, -0.25) is 4.79 Å². The van der Waals surface area contributed by atoms with Crippen LogP contribution in [-0.2, 0) is 4.79 Å². The summed E-state index contributed by atoms with van der Waals surface area (Å²) in [6.07, 6.45) is 6.21. The molecule has 0 heterocycles. The lowest BCUT2D eigenvalue weighted by Crippen LogP contribution is -2.44. The first-order valence-electron chi connectivity index (χ1n) is 7.81. The largest absolute Gasteiger partial charge is 0.396 e. The number of benzene rings is 1. The summed E-state index contributed by atoms with van der Waals surface area (Å²) < 4.78 is -0.313. The second-order valence-electron chi connectivity index (χ2n) is 6.46. The Bertz CT molecular complexity index is 493. The summed E-state index contributed by atoms with van der Waals surface area (Å²) in [5, 5.41) is 12.5. The molecule has 2 N–H and O–H groups in total. The highest BCUT2D eigenvalue weighted by Crippen LogP contribution is 2.47. The molecule has 0 unspecified atom stereocenters. The maximum Gasteiger partial charge on any atom is 0.236 e. The molecular weight excluding hydrogens is 282 g/mol. The van der Waals surface area contributed by atoms with Crippen LogP contribution in [0.1, 0.15) is 38.5 Å². The first-order chi connectivity index (χ1) is 10.2. The van der Waals surface area contributed by atoms with E-state index in [2.05, 4.69) is 17.4 Å². The van der Waals surface area contributed by atoms with Gasteiger partial charge in [-0.2, -0.15) is 0 Å². The predicted molar refractivity (Wildman–Crippen MR) is 85.3 cm³/mol. The van der Waals surface area contributed by atoms with Crippen molar-refractivity contribution < 1.29 is 9.90 Å². The zero-order valence-corrected chi connectivity index (χ0v) is 13.1. The van der Waals surface area contributed by atoms with Gasteiger partial charge in [-0.25, -0.2) is 0 Å². The van der Waals surface area contributed by atoms with Crippen LogP contribution in [0.2, 0.25) is 0 Å². The predicted octanol–water partition coefficient (Wildman–Crippen LogP) is 2.98. The molecule has 1 amide bonds. The van der Waals surface area contributed by atoms with E-state index >= 15 is 0 Å². The van der Waals surface area contributed by atoms with Crippen molar-refractivity contribution in [3.8, 4) is 0 Å². The number of amides is 1. The van der Waals surface area contributed by atoms with Crippen molar-refractivity contribution in [2.75, 3.05) is 13.2 Å². The number of carbonyl (C=O) groups excluding carboxylic acids is 1. The molecule has 2 saturated carbocycles. The van der Waals surface area contributed by atoms with Crippen molar-refractivity contribution in [2.45, 2.75) is 48.2 Å². The van der Waals surface area contributed by atoms with Crippen LogP contribution in [0.4, 0.5) is 0 Å². The lowest BCUT2D eigenvalue weighted by atomic mass is 10.0. The fourth-order valence-electron chi connectivity index (χ4n) is 3.03. The zero-order valence-electron chi connectivity index (χ0n) is 12.3. The van der Waals surface area contributed by atoms with Crippen LogP contribution in [0, 0.1) is 5.41 Å². The van der Waals surface area contributed by atoms with E-state index in [1.54, 1.807) is 11.8 Å². The first kappa shape index (κ1) is 14.9. The number of thioether (sulfide) groups is 1. The summed E-state index contributed by atoms with van der Waals surface area (Å²) in [6.45, 7) is 0.811. The number of aliphatic hydroxyl groups is 1. The molecule has 21 heavy (non-hydrogen) atoms. The van der Waals surface area contributed by atoms with Crippen molar-refractivity contribution in [3.05, 3.63) is 30.3 Å². The van der Waals surface area contributed by atoms with E-state index < -0.39 is 0 Å². The van der Waals surface area contributed by atoms with E-state index in [4.69, 9.17) is 0 Å². The Balaban J connectivity index is 1.67. The highest BCUT2D eigenvalue weighted by atomic mass is 32.2. The highest BCUT2D eigenvalue weighted by molar-refractivity contribution is 8.01. The van der Waals surface area contributed by atoms with Gasteiger partial charge in [-0.15, -0.1) is 11.8 Å². The molecule has 4 heteroatoms. The van der Waals surface area contributed by atoms with E-state index in [1.807, 2.05) is 18.2 Å². The van der Waals surface area contributed by atoms with Crippen molar-refractivity contribution in [1.29, 1.82) is 0 Å². The second-order valence-corrected chi connectivity index (χ2v) is 7.91. The summed E-state index contributed by atoms with van der Waals surface area (Å²) >= 11 is 1.71. The van der Waals surface area contributed by atoms with Gasteiger partial charge >= 0.3 is 0 Å². The number of carbonyl (C=O) groups is 1. The highest BCUT2D eigenvalue weighted by Gasteiger charge is 2.46. The van der Waals surface area contributed by atoms with Crippen LogP contribution in [0.5, 0.6) is 0 Å². The van der Waals surface area contributed by atoms with Crippen LogP contribution in [0.15, 0.2) is 35.2 Å². The first-order valence-corrected chi connectivity index (χ1v) is 8.63. The molecular formula is C17H23NO2S. The molecule has 0 radical (unpaired) electrons. The molecule has 1 aromatic carbocycles. The van der Waals surface area contributed by atoms with Gasteiger partial charge in [-0.1, -0.05) is 31.0 Å². The van der Waals surface area contributed by atoms with E-state index in [0.29, 0.717) is 6.54 Å². The molecule has 2 aliphatic carbocycles. The molecule has 114 valence electrons. The van der Waals surface area contributed by atoms with Gasteiger partial charge in [0, 0.05) is 16.9 Å². The van der Waals surface area contributed by atoms with Crippen LogP contribution in [0.25, 0.3) is 0 Å². The summed E-state index contributed by atoms with van der Waals surface area (Å²) in [5.74, 6) is 0.161. The van der Waals surface area contributed by atoms with E-state index in [1.165, 1.54) is 0 Å². The number of aliphatic hydroxyl groups excluding tert-OH is 1. The molecule has 3 rings (SSSR count). The van der Waals surface area contributed by atoms with Crippen molar-refractivity contribution in [2.24, 2.45) is 5.41 Å². The molecule has 2 aliphatic rings. The number of hydrogen-bond donors (Lipinski definition) is 2.